The first-order valence-corrected chi connectivity index (χ1v) is 8.68. The van der Waals surface area contributed by atoms with Gasteiger partial charge in [0.05, 0.1) is 12.7 Å². The Morgan fingerprint density at radius 2 is 1.82 bits per heavy atom. The summed E-state index contributed by atoms with van der Waals surface area (Å²) in [5.74, 6) is 0.703. The number of amides is 3. The van der Waals surface area contributed by atoms with Crippen molar-refractivity contribution in [3.63, 3.8) is 0 Å². The predicted octanol–water partition coefficient (Wildman–Crippen LogP) is 2.71. The van der Waals surface area contributed by atoms with Crippen LogP contribution in [0, 0.1) is 0 Å². The molecule has 2 heterocycles. The van der Waals surface area contributed by atoms with Crippen LogP contribution in [0.3, 0.4) is 0 Å². The standard InChI is InChI=1S/C20H18N4O4/c1-20(13-8-4-3-5-9-13)18(25)24(19(26)22-20)12-16-21-17(23-28-16)14-10-6-7-11-15(14)27-2/h3-11H,12H2,1-2H3,(H,22,26). The third-order valence-corrected chi connectivity index (χ3v) is 4.74. The van der Waals surface area contributed by atoms with Gasteiger partial charge in [-0.1, -0.05) is 47.6 Å². The van der Waals surface area contributed by atoms with E-state index in [1.807, 2.05) is 30.3 Å². The van der Waals surface area contributed by atoms with Crippen LogP contribution in [0.2, 0.25) is 0 Å². The van der Waals surface area contributed by atoms with Crippen LogP contribution in [-0.4, -0.2) is 34.1 Å². The molecule has 4 rings (SSSR count). The van der Waals surface area contributed by atoms with E-state index in [-0.39, 0.29) is 18.3 Å². The maximum atomic E-state index is 13.0. The molecule has 1 unspecified atom stereocenters. The second kappa shape index (κ2) is 6.80. The van der Waals surface area contributed by atoms with E-state index < -0.39 is 11.6 Å². The Balaban J connectivity index is 1.58. The van der Waals surface area contributed by atoms with Crippen molar-refractivity contribution in [2.75, 3.05) is 7.11 Å². The summed E-state index contributed by atoms with van der Waals surface area (Å²) < 4.78 is 10.6. The number of hydrogen-bond acceptors (Lipinski definition) is 6. The topological polar surface area (TPSA) is 97.6 Å². The third-order valence-electron chi connectivity index (χ3n) is 4.74. The monoisotopic (exact) mass is 378 g/mol. The fourth-order valence-corrected chi connectivity index (χ4v) is 3.20. The molecule has 0 radical (unpaired) electrons. The number of carbonyl (C=O) groups is 2. The quantitative estimate of drug-likeness (QED) is 0.686. The van der Waals surface area contributed by atoms with Crippen molar-refractivity contribution < 1.29 is 18.8 Å². The van der Waals surface area contributed by atoms with E-state index >= 15 is 0 Å². The molecule has 1 saturated heterocycles. The molecule has 0 aliphatic carbocycles. The molecular weight excluding hydrogens is 360 g/mol. The zero-order chi connectivity index (χ0) is 19.7. The molecule has 2 aromatic carbocycles. The van der Waals surface area contributed by atoms with Crippen molar-refractivity contribution >= 4 is 11.9 Å². The molecule has 28 heavy (non-hydrogen) atoms. The Morgan fingerprint density at radius 3 is 2.57 bits per heavy atom. The molecule has 8 nitrogen and oxygen atoms in total. The van der Waals surface area contributed by atoms with Crippen molar-refractivity contribution in [2.45, 2.75) is 19.0 Å². The van der Waals surface area contributed by atoms with Crippen molar-refractivity contribution in [1.29, 1.82) is 0 Å². The summed E-state index contributed by atoms with van der Waals surface area (Å²) >= 11 is 0. The first kappa shape index (κ1) is 17.7. The second-order valence-electron chi connectivity index (χ2n) is 6.52. The van der Waals surface area contributed by atoms with Crippen LogP contribution in [0.25, 0.3) is 11.4 Å². The van der Waals surface area contributed by atoms with Gasteiger partial charge in [-0.15, -0.1) is 0 Å². The van der Waals surface area contributed by atoms with Crippen LogP contribution in [0.5, 0.6) is 5.75 Å². The van der Waals surface area contributed by atoms with Gasteiger partial charge in [-0.05, 0) is 24.6 Å². The molecule has 0 bridgehead atoms. The number of nitrogens with zero attached hydrogens (tertiary/aromatic N) is 3. The van der Waals surface area contributed by atoms with Crippen LogP contribution >= 0.6 is 0 Å². The number of benzene rings is 2. The van der Waals surface area contributed by atoms with Gasteiger partial charge in [-0.25, -0.2) is 4.79 Å². The Bertz CT molecular complexity index is 1030. The maximum absolute atomic E-state index is 13.0. The summed E-state index contributed by atoms with van der Waals surface area (Å²) in [5, 5.41) is 6.70. The van der Waals surface area contributed by atoms with Crippen LogP contribution in [-0.2, 0) is 16.9 Å². The molecule has 3 amide bonds. The Kier molecular flexibility index (Phi) is 4.31. The van der Waals surface area contributed by atoms with Gasteiger partial charge in [-0.3, -0.25) is 9.69 Å². The minimum absolute atomic E-state index is 0.116. The molecule has 1 aromatic heterocycles. The Hall–Kier alpha value is -3.68. The first-order valence-electron chi connectivity index (χ1n) is 8.68. The van der Waals surface area contributed by atoms with Crippen molar-refractivity contribution in [3.8, 4) is 17.1 Å². The number of imide groups is 1. The van der Waals surface area contributed by atoms with E-state index in [1.165, 1.54) is 0 Å². The lowest BCUT2D eigenvalue weighted by Crippen LogP contribution is -2.40. The van der Waals surface area contributed by atoms with Gasteiger partial charge < -0.3 is 14.6 Å². The zero-order valence-electron chi connectivity index (χ0n) is 15.4. The fraction of sp³-hybridized carbons (Fsp3) is 0.200. The lowest BCUT2D eigenvalue weighted by molar-refractivity contribution is -0.131. The van der Waals surface area contributed by atoms with E-state index in [2.05, 4.69) is 15.5 Å². The maximum Gasteiger partial charge on any atom is 0.325 e. The average Bonchev–Trinajstić information content (AvgIpc) is 3.28. The minimum atomic E-state index is -1.14. The van der Waals surface area contributed by atoms with Crippen molar-refractivity contribution in [1.82, 2.24) is 20.4 Å². The highest BCUT2D eigenvalue weighted by atomic mass is 16.5. The summed E-state index contributed by atoms with van der Waals surface area (Å²) in [6.07, 6.45) is 0. The minimum Gasteiger partial charge on any atom is -0.496 e. The Labute approximate surface area is 161 Å². The molecule has 1 N–H and O–H groups in total. The van der Waals surface area contributed by atoms with Crippen LogP contribution in [0.4, 0.5) is 4.79 Å². The van der Waals surface area contributed by atoms with E-state index in [0.717, 1.165) is 4.90 Å². The lowest BCUT2D eigenvalue weighted by atomic mass is 9.92. The highest BCUT2D eigenvalue weighted by Crippen LogP contribution is 2.30. The number of aromatic nitrogens is 2. The van der Waals surface area contributed by atoms with E-state index in [4.69, 9.17) is 9.26 Å². The second-order valence-corrected chi connectivity index (χ2v) is 6.52. The summed E-state index contributed by atoms with van der Waals surface area (Å²) in [7, 11) is 1.55. The van der Waals surface area contributed by atoms with Gasteiger partial charge in [0.1, 0.15) is 17.8 Å². The highest BCUT2D eigenvalue weighted by molar-refractivity contribution is 6.07. The molecule has 1 fully saturated rings. The molecule has 1 aliphatic rings. The molecule has 0 spiro atoms. The average molecular weight is 378 g/mol. The largest absolute Gasteiger partial charge is 0.496 e. The number of hydrogen-bond donors (Lipinski definition) is 1. The summed E-state index contributed by atoms with van der Waals surface area (Å²) in [4.78, 5) is 30.8. The van der Waals surface area contributed by atoms with Gasteiger partial charge in [0, 0.05) is 0 Å². The molecule has 8 heteroatoms. The Morgan fingerprint density at radius 1 is 1.11 bits per heavy atom. The van der Waals surface area contributed by atoms with Gasteiger partial charge in [0.15, 0.2) is 0 Å². The summed E-state index contributed by atoms with van der Waals surface area (Å²) in [5.41, 5.74) is 0.228. The predicted molar refractivity (Wildman–Crippen MR) is 99.2 cm³/mol. The van der Waals surface area contributed by atoms with Crippen molar-refractivity contribution in [2.24, 2.45) is 0 Å². The summed E-state index contributed by atoms with van der Waals surface area (Å²) in [6.45, 7) is 1.56. The fourth-order valence-electron chi connectivity index (χ4n) is 3.20. The lowest BCUT2D eigenvalue weighted by Gasteiger charge is -2.21. The van der Waals surface area contributed by atoms with E-state index in [1.54, 1.807) is 38.3 Å². The van der Waals surface area contributed by atoms with E-state index in [9.17, 15) is 9.59 Å². The van der Waals surface area contributed by atoms with Gasteiger partial charge in [0.2, 0.25) is 11.7 Å². The number of methoxy groups -OCH3 is 1. The molecule has 3 aromatic rings. The molecule has 1 aliphatic heterocycles. The van der Waals surface area contributed by atoms with Gasteiger partial charge in [0.25, 0.3) is 5.91 Å². The molecular formula is C20H18N4O4. The van der Waals surface area contributed by atoms with Gasteiger partial charge >= 0.3 is 6.03 Å². The van der Waals surface area contributed by atoms with Gasteiger partial charge in [-0.2, -0.15) is 4.98 Å². The number of ether oxygens (including phenoxy) is 1. The highest BCUT2D eigenvalue weighted by Gasteiger charge is 2.49. The van der Waals surface area contributed by atoms with E-state index in [0.29, 0.717) is 22.7 Å². The molecule has 0 saturated carbocycles. The number of nitrogens with one attached hydrogen (secondary N) is 1. The van der Waals surface area contributed by atoms with Crippen molar-refractivity contribution in [3.05, 3.63) is 66.1 Å². The SMILES string of the molecule is COc1ccccc1-c1noc(CN2C(=O)NC(C)(c3ccccc3)C2=O)n1. The number of urea groups is 1. The molecule has 1 atom stereocenters. The third kappa shape index (κ3) is 2.88. The molecule has 142 valence electrons. The number of rotatable bonds is 5. The van der Waals surface area contributed by atoms with Crippen LogP contribution < -0.4 is 10.1 Å². The smallest absolute Gasteiger partial charge is 0.325 e. The summed E-state index contributed by atoms with van der Waals surface area (Å²) in [6, 6.07) is 15.8. The first-order chi connectivity index (χ1) is 13.5. The van der Waals surface area contributed by atoms with Crippen LogP contribution in [0.1, 0.15) is 18.4 Å². The number of carbonyl (C=O) groups excluding carboxylic acids is 2. The zero-order valence-corrected chi connectivity index (χ0v) is 15.4. The normalized spacial score (nSPS) is 19.0. The number of para-hydroxylation sites is 1. The van der Waals surface area contributed by atoms with Crippen LogP contribution in [0.15, 0.2) is 59.1 Å².